The number of carbonyl (C=O) groups is 2. The van der Waals surface area contributed by atoms with Gasteiger partial charge in [0.25, 0.3) is 5.91 Å². The van der Waals surface area contributed by atoms with E-state index in [0.717, 1.165) is 5.56 Å². The van der Waals surface area contributed by atoms with Gasteiger partial charge in [0.1, 0.15) is 0 Å². The average Bonchev–Trinajstić information content (AvgIpc) is 2.42. The maximum Gasteiger partial charge on any atom is 0.251 e. The molecule has 0 aliphatic carbocycles. The summed E-state index contributed by atoms with van der Waals surface area (Å²) < 4.78 is 4.95. The van der Waals surface area contributed by atoms with Crippen LogP contribution >= 0.6 is 0 Å². The molecule has 0 atom stereocenters. The fourth-order valence-corrected chi connectivity index (χ4v) is 1.86. The molecule has 110 valence electrons. The second-order valence-corrected chi connectivity index (χ2v) is 4.57. The third kappa shape index (κ3) is 5.01. The molecule has 0 radical (unpaired) electrons. The summed E-state index contributed by atoms with van der Waals surface area (Å²) in [6, 6.07) is 7.42. The molecule has 0 aliphatic rings. The van der Waals surface area contributed by atoms with E-state index in [2.05, 4.69) is 5.32 Å². The molecule has 0 saturated heterocycles. The van der Waals surface area contributed by atoms with Crippen LogP contribution in [-0.2, 0) is 9.53 Å². The highest BCUT2D eigenvalue weighted by Gasteiger charge is 2.10. The zero-order valence-corrected chi connectivity index (χ0v) is 12.3. The molecule has 0 unspecified atom stereocenters. The summed E-state index contributed by atoms with van der Waals surface area (Å²) in [6.45, 7) is 5.35. The molecule has 20 heavy (non-hydrogen) atoms. The molecule has 1 aromatic carbocycles. The van der Waals surface area contributed by atoms with Gasteiger partial charge in [-0.2, -0.15) is 0 Å². The van der Waals surface area contributed by atoms with Crippen molar-refractivity contribution in [1.29, 1.82) is 0 Å². The number of ether oxygens (including phenoxy) is 1. The summed E-state index contributed by atoms with van der Waals surface area (Å²) in [6.07, 6.45) is 0. The first-order valence-electron chi connectivity index (χ1n) is 6.64. The number of hydrogen-bond acceptors (Lipinski definition) is 3. The number of nitrogens with zero attached hydrogens (tertiary/aromatic N) is 1. The summed E-state index contributed by atoms with van der Waals surface area (Å²) in [5, 5.41) is 2.83. The SMILES string of the molecule is COCCN(CCNC(=O)c1ccccc1C)C(C)=O. The monoisotopic (exact) mass is 278 g/mol. The third-order valence-electron chi connectivity index (χ3n) is 3.07. The minimum atomic E-state index is -0.113. The topological polar surface area (TPSA) is 58.6 Å². The fourth-order valence-electron chi connectivity index (χ4n) is 1.86. The molecule has 5 nitrogen and oxygen atoms in total. The molecule has 0 heterocycles. The Labute approximate surface area is 119 Å². The van der Waals surface area contributed by atoms with Crippen LogP contribution in [0.2, 0.25) is 0 Å². The average molecular weight is 278 g/mol. The van der Waals surface area contributed by atoms with Gasteiger partial charge in [0.05, 0.1) is 6.61 Å². The molecule has 1 aromatic rings. The summed E-state index contributed by atoms with van der Waals surface area (Å²) in [7, 11) is 1.60. The predicted molar refractivity (Wildman–Crippen MR) is 77.6 cm³/mol. The van der Waals surface area contributed by atoms with Gasteiger partial charge in [0.2, 0.25) is 5.91 Å². The Bertz CT molecular complexity index is 460. The summed E-state index contributed by atoms with van der Waals surface area (Å²) >= 11 is 0. The van der Waals surface area contributed by atoms with Crippen molar-refractivity contribution in [3.63, 3.8) is 0 Å². The van der Waals surface area contributed by atoms with Crippen molar-refractivity contribution in [2.75, 3.05) is 33.4 Å². The first kappa shape index (κ1) is 16.2. The standard InChI is InChI=1S/C15H22N2O3/c1-12-6-4-5-7-14(12)15(19)16-8-9-17(13(2)18)10-11-20-3/h4-7H,8-11H2,1-3H3,(H,16,19). The molecular weight excluding hydrogens is 256 g/mol. The van der Waals surface area contributed by atoms with E-state index in [9.17, 15) is 9.59 Å². The lowest BCUT2D eigenvalue weighted by atomic mass is 10.1. The highest BCUT2D eigenvalue weighted by atomic mass is 16.5. The zero-order valence-electron chi connectivity index (χ0n) is 12.3. The first-order chi connectivity index (χ1) is 9.56. The van der Waals surface area contributed by atoms with Gasteiger partial charge in [0.15, 0.2) is 0 Å². The Kier molecular flexibility index (Phi) is 6.73. The highest BCUT2D eigenvalue weighted by molar-refractivity contribution is 5.95. The van der Waals surface area contributed by atoms with Crippen LogP contribution in [0, 0.1) is 6.92 Å². The molecule has 0 aromatic heterocycles. The van der Waals surface area contributed by atoms with Crippen LogP contribution in [0.5, 0.6) is 0 Å². The van der Waals surface area contributed by atoms with Crippen molar-refractivity contribution in [2.45, 2.75) is 13.8 Å². The van der Waals surface area contributed by atoms with E-state index < -0.39 is 0 Å². The van der Waals surface area contributed by atoms with Crippen LogP contribution in [0.25, 0.3) is 0 Å². The molecule has 0 fully saturated rings. The predicted octanol–water partition coefficient (Wildman–Crippen LogP) is 1.22. The smallest absolute Gasteiger partial charge is 0.251 e. The fraction of sp³-hybridized carbons (Fsp3) is 0.467. The van der Waals surface area contributed by atoms with Crippen molar-refractivity contribution in [3.8, 4) is 0 Å². The third-order valence-corrected chi connectivity index (χ3v) is 3.07. The highest BCUT2D eigenvalue weighted by Crippen LogP contribution is 2.06. The summed E-state index contributed by atoms with van der Waals surface area (Å²) in [5.74, 6) is -0.134. The Morgan fingerprint density at radius 1 is 1.25 bits per heavy atom. The molecule has 0 saturated carbocycles. The maximum absolute atomic E-state index is 12.0. The van der Waals surface area contributed by atoms with E-state index in [-0.39, 0.29) is 11.8 Å². The van der Waals surface area contributed by atoms with E-state index >= 15 is 0 Å². The molecule has 0 aliphatic heterocycles. The van der Waals surface area contributed by atoms with Crippen LogP contribution < -0.4 is 5.32 Å². The van der Waals surface area contributed by atoms with Gasteiger partial charge in [-0.15, -0.1) is 0 Å². The van der Waals surface area contributed by atoms with Gasteiger partial charge in [-0.3, -0.25) is 9.59 Å². The number of rotatable bonds is 7. The number of nitrogens with one attached hydrogen (secondary N) is 1. The summed E-state index contributed by atoms with van der Waals surface area (Å²) in [5.41, 5.74) is 1.60. The Morgan fingerprint density at radius 2 is 1.95 bits per heavy atom. The summed E-state index contributed by atoms with van der Waals surface area (Å²) in [4.78, 5) is 25.1. The van der Waals surface area contributed by atoms with E-state index in [0.29, 0.717) is 31.8 Å². The molecule has 0 spiro atoms. The van der Waals surface area contributed by atoms with Gasteiger partial charge in [-0.05, 0) is 18.6 Å². The zero-order chi connectivity index (χ0) is 15.0. The Morgan fingerprint density at radius 3 is 2.55 bits per heavy atom. The van der Waals surface area contributed by atoms with Crippen LogP contribution in [0.4, 0.5) is 0 Å². The maximum atomic E-state index is 12.0. The van der Waals surface area contributed by atoms with Crippen molar-refractivity contribution < 1.29 is 14.3 Å². The molecule has 1 N–H and O–H groups in total. The van der Waals surface area contributed by atoms with Crippen LogP contribution in [0.1, 0.15) is 22.8 Å². The van der Waals surface area contributed by atoms with Crippen LogP contribution in [0.15, 0.2) is 24.3 Å². The van der Waals surface area contributed by atoms with E-state index in [4.69, 9.17) is 4.74 Å². The van der Waals surface area contributed by atoms with Gasteiger partial charge in [0, 0.05) is 39.2 Å². The number of carbonyl (C=O) groups excluding carboxylic acids is 2. The lowest BCUT2D eigenvalue weighted by Crippen LogP contribution is -2.39. The van der Waals surface area contributed by atoms with Gasteiger partial charge >= 0.3 is 0 Å². The lowest BCUT2D eigenvalue weighted by Gasteiger charge is -2.20. The normalized spacial score (nSPS) is 10.2. The van der Waals surface area contributed by atoms with E-state index in [1.165, 1.54) is 6.92 Å². The number of methoxy groups -OCH3 is 1. The van der Waals surface area contributed by atoms with Crippen molar-refractivity contribution in [1.82, 2.24) is 10.2 Å². The Balaban J connectivity index is 2.44. The van der Waals surface area contributed by atoms with E-state index in [1.54, 1.807) is 18.1 Å². The number of benzene rings is 1. The van der Waals surface area contributed by atoms with Crippen LogP contribution in [-0.4, -0.2) is 50.1 Å². The van der Waals surface area contributed by atoms with Crippen molar-refractivity contribution >= 4 is 11.8 Å². The van der Waals surface area contributed by atoms with Crippen molar-refractivity contribution in [2.24, 2.45) is 0 Å². The Hall–Kier alpha value is -1.88. The molecule has 0 bridgehead atoms. The van der Waals surface area contributed by atoms with Gasteiger partial charge in [-0.1, -0.05) is 18.2 Å². The number of aryl methyl sites for hydroxylation is 1. The molecule has 2 amide bonds. The minimum absolute atomic E-state index is 0.0211. The van der Waals surface area contributed by atoms with E-state index in [1.807, 2.05) is 25.1 Å². The molecule has 5 heteroatoms. The first-order valence-corrected chi connectivity index (χ1v) is 6.64. The second kappa shape index (κ2) is 8.32. The number of hydrogen-bond donors (Lipinski definition) is 1. The molecule has 1 rings (SSSR count). The quantitative estimate of drug-likeness (QED) is 0.816. The van der Waals surface area contributed by atoms with Gasteiger partial charge < -0.3 is 15.0 Å². The van der Waals surface area contributed by atoms with Crippen LogP contribution in [0.3, 0.4) is 0 Å². The largest absolute Gasteiger partial charge is 0.383 e. The molecular formula is C15H22N2O3. The second-order valence-electron chi connectivity index (χ2n) is 4.57. The van der Waals surface area contributed by atoms with Crippen molar-refractivity contribution in [3.05, 3.63) is 35.4 Å². The lowest BCUT2D eigenvalue weighted by molar-refractivity contribution is -0.129. The number of amides is 2. The minimum Gasteiger partial charge on any atom is -0.383 e. The van der Waals surface area contributed by atoms with Gasteiger partial charge in [-0.25, -0.2) is 0 Å².